The molecule has 3 aromatic rings. The molecule has 1 heterocycles. The summed E-state index contributed by atoms with van der Waals surface area (Å²) in [6.07, 6.45) is 3.06. The van der Waals surface area contributed by atoms with Crippen molar-refractivity contribution in [2.24, 2.45) is 5.73 Å². The number of methoxy groups -OCH3 is 1. The maximum absolute atomic E-state index is 6.20. The molecule has 0 radical (unpaired) electrons. The third-order valence-corrected chi connectivity index (χ3v) is 4.34. The van der Waals surface area contributed by atoms with Crippen molar-refractivity contribution in [1.29, 1.82) is 0 Å². The summed E-state index contributed by atoms with van der Waals surface area (Å²) in [5, 5.41) is 1.95. The predicted octanol–water partition coefficient (Wildman–Crippen LogP) is 4.78. The molecule has 0 fully saturated rings. The second-order valence-corrected chi connectivity index (χ2v) is 6.08. The van der Waals surface area contributed by atoms with Gasteiger partial charge in [-0.1, -0.05) is 23.7 Å². The first-order chi connectivity index (χ1) is 11.2. The molecule has 0 aliphatic heterocycles. The first-order valence-corrected chi connectivity index (χ1v) is 8.25. The van der Waals surface area contributed by atoms with Crippen LogP contribution in [0, 0.1) is 0 Å². The van der Waals surface area contributed by atoms with Crippen LogP contribution in [0.5, 0.6) is 5.75 Å². The van der Waals surface area contributed by atoms with Crippen molar-refractivity contribution in [3.63, 3.8) is 0 Å². The standard InChI is InChI=1S/C19H21ClN2O/c1-23-15-6-4-5-13(11-15)19-16(7-2-3-10-21)17-12-14(20)8-9-18(17)22-19/h4-6,8-9,11-12,22H,2-3,7,10,21H2,1H3. The molecule has 0 atom stereocenters. The molecule has 4 heteroatoms. The Morgan fingerprint density at radius 3 is 2.78 bits per heavy atom. The summed E-state index contributed by atoms with van der Waals surface area (Å²) in [6.45, 7) is 0.720. The highest BCUT2D eigenvalue weighted by molar-refractivity contribution is 6.31. The van der Waals surface area contributed by atoms with E-state index in [1.807, 2.05) is 30.3 Å². The van der Waals surface area contributed by atoms with E-state index < -0.39 is 0 Å². The van der Waals surface area contributed by atoms with Gasteiger partial charge < -0.3 is 15.5 Å². The Bertz CT molecular complexity index is 810. The number of hydrogen-bond acceptors (Lipinski definition) is 2. The third kappa shape index (κ3) is 3.36. The topological polar surface area (TPSA) is 51.0 Å². The fourth-order valence-corrected chi connectivity index (χ4v) is 3.12. The Hall–Kier alpha value is -1.97. The van der Waals surface area contributed by atoms with Gasteiger partial charge in [-0.25, -0.2) is 0 Å². The van der Waals surface area contributed by atoms with E-state index in [2.05, 4.69) is 17.1 Å². The monoisotopic (exact) mass is 328 g/mol. The predicted molar refractivity (Wildman–Crippen MR) is 97.3 cm³/mol. The second kappa shape index (κ2) is 7.07. The van der Waals surface area contributed by atoms with Crippen molar-refractivity contribution in [2.45, 2.75) is 19.3 Å². The van der Waals surface area contributed by atoms with Crippen LogP contribution in [0.1, 0.15) is 18.4 Å². The molecule has 0 amide bonds. The summed E-state index contributed by atoms with van der Waals surface area (Å²) in [5.74, 6) is 0.854. The molecule has 2 aromatic carbocycles. The van der Waals surface area contributed by atoms with Crippen LogP contribution in [0.2, 0.25) is 5.02 Å². The minimum absolute atomic E-state index is 0.720. The van der Waals surface area contributed by atoms with Crippen LogP contribution in [-0.4, -0.2) is 18.6 Å². The van der Waals surface area contributed by atoms with E-state index in [0.29, 0.717) is 0 Å². The van der Waals surface area contributed by atoms with Crippen LogP contribution in [0.4, 0.5) is 0 Å². The quantitative estimate of drug-likeness (QED) is 0.640. The maximum Gasteiger partial charge on any atom is 0.119 e. The van der Waals surface area contributed by atoms with Crippen LogP contribution in [0.15, 0.2) is 42.5 Å². The van der Waals surface area contributed by atoms with Crippen molar-refractivity contribution in [1.82, 2.24) is 4.98 Å². The van der Waals surface area contributed by atoms with Gasteiger partial charge in [0.2, 0.25) is 0 Å². The van der Waals surface area contributed by atoms with E-state index in [9.17, 15) is 0 Å². The van der Waals surface area contributed by atoms with Crippen molar-refractivity contribution in [2.75, 3.05) is 13.7 Å². The minimum atomic E-state index is 0.720. The Balaban J connectivity index is 2.11. The molecule has 0 unspecified atom stereocenters. The van der Waals surface area contributed by atoms with E-state index in [-0.39, 0.29) is 0 Å². The molecule has 23 heavy (non-hydrogen) atoms. The lowest BCUT2D eigenvalue weighted by Gasteiger charge is -2.07. The number of hydrogen-bond donors (Lipinski definition) is 2. The molecule has 0 aliphatic rings. The van der Waals surface area contributed by atoms with Crippen LogP contribution < -0.4 is 10.5 Å². The zero-order chi connectivity index (χ0) is 16.2. The normalized spacial score (nSPS) is 11.1. The minimum Gasteiger partial charge on any atom is -0.497 e. The van der Waals surface area contributed by atoms with E-state index in [4.69, 9.17) is 22.1 Å². The third-order valence-electron chi connectivity index (χ3n) is 4.11. The van der Waals surface area contributed by atoms with Gasteiger partial charge in [0.15, 0.2) is 0 Å². The molecule has 0 saturated carbocycles. The first-order valence-electron chi connectivity index (χ1n) is 7.87. The molecule has 0 bridgehead atoms. The number of unbranched alkanes of at least 4 members (excludes halogenated alkanes) is 1. The van der Waals surface area contributed by atoms with Gasteiger partial charge in [-0.05, 0) is 61.7 Å². The van der Waals surface area contributed by atoms with Gasteiger partial charge in [-0.3, -0.25) is 0 Å². The number of H-pyrrole nitrogens is 1. The fourth-order valence-electron chi connectivity index (χ4n) is 2.95. The smallest absolute Gasteiger partial charge is 0.119 e. The number of aryl methyl sites for hydroxylation is 1. The highest BCUT2D eigenvalue weighted by Crippen LogP contribution is 2.34. The Kier molecular flexibility index (Phi) is 4.89. The SMILES string of the molecule is COc1cccc(-c2[nH]c3ccc(Cl)cc3c2CCCCN)c1. The molecular formula is C19H21ClN2O. The summed E-state index contributed by atoms with van der Waals surface area (Å²) >= 11 is 6.20. The van der Waals surface area contributed by atoms with Gasteiger partial charge in [-0.2, -0.15) is 0 Å². The molecular weight excluding hydrogens is 308 g/mol. The van der Waals surface area contributed by atoms with Crippen molar-refractivity contribution in [3.8, 4) is 17.0 Å². The average molecular weight is 329 g/mol. The molecule has 3 rings (SSSR count). The number of halogens is 1. The van der Waals surface area contributed by atoms with Crippen molar-refractivity contribution < 1.29 is 4.74 Å². The second-order valence-electron chi connectivity index (χ2n) is 5.65. The lowest BCUT2D eigenvalue weighted by molar-refractivity contribution is 0.415. The molecule has 0 spiro atoms. The summed E-state index contributed by atoms with van der Waals surface area (Å²) < 4.78 is 5.36. The summed E-state index contributed by atoms with van der Waals surface area (Å²) in [5.41, 5.74) is 10.3. The first kappa shape index (κ1) is 15.9. The van der Waals surface area contributed by atoms with Crippen LogP contribution in [0.3, 0.4) is 0 Å². The Morgan fingerprint density at radius 2 is 2.00 bits per heavy atom. The summed E-state index contributed by atoms with van der Waals surface area (Å²) in [7, 11) is 1.69. The van der Waals surface area contributed by atoms with E-state index in [0.717, 1.165) is 53.4 Å². The van der Waals surface area contributed by atoms with Gasteiger partial charge in [-0.15, -0.1) is 0 Å². The van der Waals surface area contributed by atoms with Crippen molar-refractivity contribution >= 4 is 22.5 Å². The molecule has 3 nitrogen and oxygen atoms in total. The molecule has 120 valence electrons. The van der Waals surface area contributed by atoms with Crippen LogP contribution in [-0.2, 0) is 6.42 Å². The van der Waals surface area contributed by atoms with Gasteiger partial charge in [0.05, 0.1) is 7.11 Å². The molecule has 0 saturated heterocycles. The zero-order valence-electron chi connectivity index (χ0n) is 13.2. The number of benzene rings is 2. The number of aromatic nitrogens is 1. The lowest BCUT2D eigenvalue weighted by atomic mass is 10.00. The number of aromatic amines is 1. The fraction of sp³-hybridized carbons (Fsp3) is 0.263. The van der Waals surface area contributed by atoms with Crippen LogP contribution in [0.25, 0.3) is 22.2 Å². The van der Waals surface area contributed by atoms with Gasteiger partial charge in [0.1, 0.15) is 5.75 Å². The molecule has 3 N–H and O–H groups in total. The van der Waals surface area contributed by atoms with Gasteiger partial charge in [0, 0.05) is 27.2 Å². The Morgan fingerprint density at radius 1 is 1.13 bits per heavy atom. The largest absolute Gasteiger partial charge is 0.497 e. The van der Waals surface area contributed by atoms with Crippen LogP contribution >= 0.6 is 11.6 Å². The zero-order valence-corrected chi connectivity index (χ0v) is 14.0. The summed E-state index contributed by atoms with van der Waals surface area (Å²) in [6, 6.07) is 14.1. The highest BCUT2D eigenvalue weighted by Gasteiger charge is 2.14. The molecule has 0 aliphatic carbocycles. The number of rotatable bonds is 6. The number of nitrogens with one attached hydrogen (secondary N) is 1. The maximum atomic E-state index is 6.20. The van der Waals surface area contributed by atoms with Gasteiger partial charge in [0.25, 0.3) is 0 Å². The molecule has 1 aromatic heterocycles. The number of fused-ring (bicyclic) bond motifs is 1. The number of nitrogens with two attached hydrogens (primary N) is 1. The van der Waals surface area contributed by atoms with Gasteiger partial charge >= 0.3 is 0 Å². The van der Waals surface area contributed by atoms with E-state index >= 15 is 0 Å². The highest BCUT2D eigenvalue weighted by atomic mass is 35.5. The number of ether oxygens (including phenoxy) is 1. The van der Waals surface area contributed by atoms with Crippen molar-refractivity contribution in [3.05, 3.63) is 53.1 Å². The van der Waals surface area contributed by atoms with E-state index in [1.165, 1.54) is 10.9 Å². The van der Waals surface area contributed by atoms with E-state index in [1.54, 1.807) is 7.11 Å². The lowest BCUT2D eigenvalue weighted by Crippen LogP contribution is -1.99. The Labute approximate surface area is 141 Å². The average Bonchev–Trinajstić information content (AvgIpc) is 2.93. The summed E-state index contributed by atoms with van der Waals surface area (Å²) in [4.78, 5) is 3.54.